The van der Waals surface area contributed by atoms with Gasteiger partial charge in [0, 0.05) is 31.2 Å². The van der Waals surface area contributed by atoms with Crippen molar-refractivity contribution in [1.82, 2.24) is 8.87 Å². The summed E-state index contributed by atoms with van der Waals surface area (Å²) in [7, 11) is -0.803. The zero-order valence-electron chi connectivity index (χ0n) is 20.1. The molecule has 0 radical (unpaired) electrons. The van der Waals surface area contributed by atoms with E-state index in [-0.39, 0.29) is 4.90 Å². The number of aryl methyl sites for hydroxylation is 2. The van der Waals surface area contributed by atoms with E-state index in [4.69, 9.17) is 9.15 Å². The summed E-state index contributed by atoms with van der Waals surface area (Å²) in [6.07, 6.45) is 0.487. The van der Waals surface area contributed by atoms with Crippen molar-refractivity contribution in [2.24, 2.45) is 0 Å². The van der Waals surface area contributed by atoms with Crippen molar-refractivity contribution in [1.29, 1.82) is 0 Å². The van der Waals surface area contributed by atoms with Crippen LogP contribution in [0.5, 0.6) is 0 Å². The quantitative estimate of drug-likeness (QED) is 0.487. The van der Waals surface area contributed by atoms with E-state index in [0.29, 0.717) is 29.1 Å². The van der Waals surface area contributed by atoms with E-state index >= 15 is 0 Å². The molecule has 2 aromatic heterocycles. The molecule has 0 bridgehead atoms. The zero-order chi connectivity index (χ0) is 25.2. The lowest BCUT2D eigenvalue weighted by Crippen LogP contribution is -2.30. The number of benzene rings is 1. The summed E-state index contributed by atoms with van der Waals surface area (Å²) >= 11 is 0. The van der Waals surface area contributed by atoms with Gasteiger partial charge in [0.25, 0.3) is 5.91 Å². The first kappa shape index (κ1) is 25.3. The van der Waals surface area contributed by atoms with Crippen LogP contribution in [0.2, 0.25) is 0 Å². The fraction of sp³-hybridized carbons (Fsp3) is 0.333. The van der Waals surface area contributed by atoms with Crippen LogP contribution in [0.3, 0.4) is 0 Å². The van der Waals surface area contributed by atoms with Crippen molar-refractivity contribution >= 4 is 27.6 Å². The molecule has 1 amide bonds. The monoisotopic (exact) mass is 487 g/mol. The van der Waals surface area contributed by atoms with E-state index in [9.17, 15) is 18.0 Å². The third-order valence-electron chi connectivity index (χ3n) is 5.59. The van der Waals surface area contributed by atoms with Crippen LogP contribution in [0, 0.1) is 20.8 Å². The second-order valence-corrected chi connectivity index (χ2v) is 10.4. The number of hydrogen-bond donors (Lipinski definition) is 1. The maximum absolute atomic E-state index is 12.8. The maximum atomic E-state index is 12.8. The minimum atomic E-state index is -3.67. The number of furan rings is 1. The highest BCUT2D eigenvalue weighted by atomic mass is 32.2. The number of esters is 1. The SMILES string of the molecule is Cc1ccc(S(=O)(=O)N(C)C)cc1NC(=O)[C@@H](C)OC(=O)c1cc(C)n(Cc2ccco2)c1C. The number of nitrogens with one attached hydrogen (secondary N) is 1. The van der Waals surface area contributed by atoms with Crippen molar-refractivity contribution in [3.63, 3.8) is 0 Å². The van der Waals surface area contributed by atoms with Crippen LogP contribution in [0.25, 0.3) is 0 Å². The molecule has 0 saturated heterocycles. The molecule has 2 heterocycles. The molecule has 0 aliphatic heterocycles. The van der Waals surface area contributed by atoms with Gasteiger partial charge in [-0.25, -0.2) is 17.5 Å². The van der Waals surface area contributed by atoms with Gasteiger partial charge in [-0.3, -0.25) is 4.79 Å². The predicted octanol–water partition coefficient (Wildman–Crippen LogP) is 3.49. The predicted molar refractivity (Wildman–Crippen MR) is 127 cm³/mol. The third kappa shape index (κ3) is 5.23. The number of amides is 1. The van der Waals surface area contributed by atoms with Crippen molar-refractivity contribution in [2.45, 2.75) is 45.2 Å². The lowest BCUT2D eigenvalue weighted by molar-refractivity contribution is -0.123. The van der Waals surface area contributed by atoms with Crippen LogP contribution >= 0.6 is 0 Å². The Morgan fingerprint density at radius 1 is 1.15 bits per heavy atom. The smallest absolute Gasteiger partial charge is 0.340 e. The highest BCUT2D eigenvalue weighted by Crippen LogP contribution is 2.23. The minimum absolute atomic E-state index is 0.0482. The van der Waals surface area contributed by atoms with Crippen molar-refractivity contribution in [3.8, 4) is 0 Å². The molecule has 1 aromatic carbocycles. The van der Waals surface area contributed by atoms with Gasteiger partial charge in [0.1, 0.15) is 5.76 Å². The van der Waals surface area contributed by atoms with Gasteiger partial charge in [0.05, 0.1) is 23.3 Å². The molecule has 1 atom stereocenters. The van der Waals surface area contributed by atoms with E-state index in [2.05, 4.69) is 5.32 Å². The number of nitrogens with zero attached hydrogens (tertiary/aromatic N) is 2. The molecule has 0 saturated carbocycles. The lowest BCUT2D eigenvalue weighted by atomic mass is 10.2. The van der Waals surface area contributed by atoms with Gasteiger partial charge in [0.15, 0.2) is 6.10 Å². The number of rotatable bonds is 8. The number of hydrogen-bond acceptors (Lipinski definition) is 6. The topological polar surface area (TPSA) is 111 Å². The number of aromatic nitrogens is 1. The van der Waals surface area contributed by atoms with Crippen LogP contribution in [0.1, 0.15) is 40.0 Å². The van der Waals surface area contributed by atoms with E-state index in [1.807, 2.05) is 17.6 Å². The third-order valence-corrected chi connectivity index (χ3v) is 7.40. The number of ether oxygens (including phenoxy) is 1. The molecule has 182 valence electrons. The molecule has 3 aromatic rings. The second kappa shape index (κ2) is 9.86. The summed E-state index contributed by atoms with van der Waals surface area (Å²) in [5.74, 6) is -0.439. The molecule has 0 unspecified atom stereocenters. The Balaban J connectivity index is 1.73. The molecule has 0 fully saturated rings. The van der Waals surface area contributed by atoms with Gasteiger partial charge >= 0.3 is 5.97 Å². The van der Waals surface area contributed by atoms with Gasteiger partial charge in [-0.2, -0.15) is 0 Å². The van der Waals surface area contributed by atoms with Crippen LogP contribution < -0.4 is 5.32 Å². The Morgan fingerprint density at radius 2 is 1.85 bits per heavy atom. The number of anilines is 1. The number of carbonyl (C=O) groups excluding carboxylic acids is 2. The van der Waals surface area contributed by atoms with Crippen molar-refractivity contribution in [3.05, 3.63) is 70.9 Å². The fourth-order valence-electron chi connectivity index (χ4n) is 3.43. The lowest BCUT2D eigenvalue weighted by Gasteiger charge is -2.17. The molecule has 3 rings (SSSR count). The molecule has 0 spiro atoms. The maximum Gasteiger partial charge on any atom is 0.340 e. The number of sulfonamides is 1. The Bertz CT molecular complexity index is 1310. The van der Waals surface area contributed by atoms with Crippen LogP contribution in [-0.2, 0) is 26.1 Å². The average Bonchev–Trinajstić information content (AvgIpc) is 3.38. The second-order valence-electron chi connectivity index (χ2n) is 8.25. The van der Waals surface area contributed by atoms with E-state index in [1.165, 1.54) is 33.2 Å². The standard InChI is InChI=1S/C24H29N3O6S/c1-15-9-10-20(34(30,31)26(5)6)13-22(15)25-23(28)18(4)33-24(29)21-12-16(2)27(17(21)3)14-19-8-7-11-32-19/h7-13,18H,14H2,1-6H3,(H,25,28)/t18-/m1/s1. The van der Waals surface area contributed by atoms with Crippen molar-refractivity contribution in [2.75, 3.05) is 19.4 Å². The molecular formula is C24H29N3O6S. The Hall–Kier alpha value is -3.37. The van der Waals surface area contributed by atoms with Gasteiger partial charge in [-0.05, 0) is 63.6 Å². The zero-order valence-corrected chi connectivity index (χ0v) is 20.9. The van der Waals surface area contributed by atoms with Crippen LogP contribution in [0.4, 0.5) is 5.69 Å². The molecule has 0 aliphatic rings. The Morgan fingerprint density at radius 3 is 2.47 bits per heavy atom. The van der Waals surface area contributed by atoms with Crippen LogP contribution in [-0.4, -0.2) is 49.4 Å². The molecule has 0 aliphatic carbocycles. The van der Waals surface area contributed by atoms with E-state index < -0.39 is 28.0 Å². The first-order valence-corrected chi connectivity index (χ1v) is 12.1. The summed E-state index contributed by atoms with van der Waals surface area (Å²) in [5.41, 5.74) is 2.91. The highest BCUT2D eigenvalue weighted by Gasteiger charge is 2.24. The fourth-order valence-corrected chi connectivity index (χ4v) is 4.36. The first-order valence-electron chi connectivity index (χ1n) is 10.7. The summed E-state index contributed by atoms with van der Waals surface area (Å²) in [6.45, 7) is 7.36. The summed E-state index contributed by atoms with van der Waals surface area (Å²) in [5, 5.41) is 2.66. The molecule has 1 N–H and O–H groups in total. The van der Waals surface area contributed by atoms with Crippen LogP contribution in [0.15, 0.2) is 52.0 Å². The summed E-state index contributed by atoms with van der Waals surface area (Å²) in [6, 6.07) is 9.83. The van der Waals surface area contributed by atoms with Gasteiger partial charge in [0.2, 0.25) is 10.0 Å². The normalized spacial score (nSPS) is 12.6. The largest absolute Gasteiger partial charge is 0.467 e. The van der Waals surface area contributed by atoms with Gasteiger partial charge < -0.3 is 19.0 Å². The summed E-state index contributed by atoms with van der Waals surface area (Å²) < 4.78 is 38.7. The van der Waals surface area contributed by atoms with Crippen molar-refractivity contribution < 1.29 is 27.2 Å². The Kier molecular flexibility index (Phi) is 7.32. The minimum Gasteiger partial charge on any atom is -0.467 e. The number of carbonyl (C=O) groups is 2. The molecule has 34 heavy (non-hydrogen) atoms. The summed E-state index contributed by atoms with van der Waals surface area (Å²) in [4.78, 5) is 25.6. The van der Waals surface area contributed by atoms with E-state index in [0.717, 1.165) is 15.8 Å². The van der Waals surface area contributed by atoms with Gasteiger partial charge in [-0.15, -0.1) is 0 Å². The van der Waals surface area contributed by atoms with E-state index in [1.54, 1.807) is 38.3 Å². The highest BCUT2D eigenvalue weighted by molar-refractivity contribution is 7.89. The molecule has 10 heteroatoms. The molecule has 9 nitrogen and oxygen atoms in total. The molecular weight excluding hydrogens is 458 g/mol. The first-order chi connectivity index (χ1) is 15.9. The van der Waals surface area contributed by atoms with Gasteiger partial charge in [-0.1, -0.05) is 6.07 Å². The average molecular weight is 488 g/mol. The Labute approximate surface area is 199 Å².